The summed E-state index contributed by atoms with van der Waals surface area (Å²) in [7, 11) is -4.11. The number of benzene rings is 1. The number of carboxylic acid groups (broad SMARTS) is 1. The van der Waals surface area contributed by atoms with Crippen LogP contribution in [-0.4, -0.2) is 51.0 Å². The number of carbonyl (C=O) groups is 1. The van der Waals surface area contributed by atoms with E-state index >= 15 is 0 Å². The van der Waals surface area contributed by atoms with Gasteiger partial charge in [-0.3, -0.25) is 13.9 Å². The molecule has 1 atom stereocenters. The van der Waals surface area contributed by atoms with Gasteiger partial charge in [-0.15, -0.1) is 0 Å². The van der Waals surface area contributed by atoms with Crippen LogP contribution < -0.4 is 5.69 Å². The third kappa shape index (κ3) is 3.74. The molecule has 2 aromatic heterocycles. The number of rotatable bonds is 5. The summed E-state index contributed by atoms with van der Waals surface area (Å²) in [6, 6.07) is 6.59. The number of hydrogen-bond acceptors (Lipinski definition) is 5. The number of piperidine rings is 1. The number of carboxylic acids is 1. The van der Waals surface area contributed by atoms with E-state index in [1.165, 1.54) is 33.3 Å². The highest BCUT2D eigenvalue weighted by Gasteiger charge is 2.34. The highest BCUT2D eigenvalue weighted by Crippen LogP contribution is 2.29. The van der Waals surface area contributed by atoms with E-state index in [0.717, 1.165) is 4.57 Å². The van der Waals surface area contributed by atoms with Gasteiger partial charge in [0.15, 0.2) is 5.65 Å². The number of pyridine rings is 1. The molecule has 4 rings (SSSR count). The largest absolute Gasteiger partial charge is 0.480 e. The lowest BCUT2D eigenvalue weighted by Gasteiger charge is -2.32. The molecule has 3 aromatic rings. The van der Waals surface area contributed by atoms with Crippen LogP contribution >= 0.6 is 0 Å². The molecule has 1 aliphatic rings. The summed E-state index contributed by atoms with van der Waals surface area (Å²) in [6.45, 7) is 1.29. The first-order valence-corrected chi connectivity index (χ1v) is 11.2. The lowest BCUT2D eigenvalue weighted by atomic mass is 10.1. The van der Waals surface area contributed by atoms with Crippen LogP contribution in [0.1, 0.15) is 24.4 Å². The Balaban J connectivity index is 1.74. The number of aryl methyl sites for hydroxylation is 1. The van der Waals surface area contributed by atoms with Gasteiger partial charge in [0.25, 0.3) is 0 Å². The second-order valence-electron chi connectivity index (χ2n) is 7.57. The van der Waals surface area contributed by atoms with Gasteiger partial charge in [0.1, 0.15) is 17.3 Å². The van der Waals surface area contributed by atoms with Crippen LogP contribution in [0.2, 0.25) is 0 Å². The minimum Gasteiger partial charge on any atom is -0.480 e. The highest BCUT2D eigenvalue weighted by atomic mass is 32.2. The van der Waals surface area contributed by atoms with Crippen LogP contribution in [0.15, 0.2) is 46.2 Å². The summed E-state index contributed by atoms with van der Waals surface area (Å²) in [4.78, 5) is 28.1. The lowest BCUT2D eigenvalue weighted by molar-refractivity contribution is -0.137. The monoisotopic (exact) mass is 448 g/mol. The standard InChI is InChI=1S/C20H21FN4O5S/c1-13-6-7-17(15(21)10-13)31(29,30)23-9-3-4-14(11-23)25-19-16(5-2-8-22-19)24(20(25)28)12-18(26)27/h2,5-8,10,14H,3-4,9,11-12H2,1H3,(H,26,27)/t14-/m0/s1. The molecule has 9 nitrogen and oxygen atoms in total. The fourth-order valence-electron chi connectivity index (χ4n) is 4.03. The number of nitrogens with zero attached hydrogens (tertiary/aromatic N) is 4. The van der Waals surface area contributed by atoms with Crippen molar-refractivity contribution in [2.75, 3.05) is 13.1 Å². The summed E-state index contributed by atoms with van der Waals surface area (Å²) in [5, 5.41) is 9.18. The molecule has 1 aliphatic heterocycles. The van der Waals surface area contributed by atoms with E-state index in [1.807, 2.05) is 0 Å². The van der Waals surface area contributed by atoms with Gasteiger partial charge in [0.2, 0.25) is 10.0 Å². The molecule has 164 valence electrons. The molecule has 1 N–H and O–H groups in total. The molecule has 0 aliphatic carbocycles. The molecule has 0 unspecified atom stereocenters. The van der Waals surface area contributed by atoms with Gasteiger partial charge < -0.3 is 5.11 Å². The molecule has 11 heteroatoms. The van der Waals surface area contributed by atoms with E-state index in [1.54, 1.807) is 19.1 Å². The van der Waals surface area contributed by atoms with Crippen LogP contribution in [0, 0.1) is 12.7 Å². The average molecular weight is 448 g/mol. The molecular weight excluding hydrogens is 427 g/mol. The molecule has 31 heavy (non-hydrogen) atoms. The quantitative estimate of drug-likeness (QED) is 0.636. The first-order chi connectivity index (χ1) is 14.7. The number of fused-ring (bicyclic) bond motifs is 1. The molecular formula is C20H21FN4O5S. The van der Waals surface area contributed by atoms with Crippen molar-refractivity contribution in [1.82, 2.24) is 18.4 Å². The molecule has 0 bridgehead atoms. The van der Waals surface area contributed by atoms with E-state index in [9.17, 15) is 27.5 Å². The zero-order valence-electron chi connectivity index (χ0n) is 16.7. The minimum atomic E-state index is -4.11. The van der Waals surface area contributed by atoms with Crippen molar-refractivity contribution in [2.24, 2.45) is 0 Å². The van der Waals surface area contributed by atoms with Crippen molar-refractivity contribution in [1.29, 1.82) is 0 Å². The number of hydrogen-bond donors (Lipinski definition) is 1. The Kier molecular flexibility index (Phi) is 5.40. The van der Waals surface area contributed by atoms with Crippen molar-refractivity contribution in [3.63, 3.8) is 0 Å². The summed E-state index contributed by atoms with van der Waals surface area (Å²) in [5.41, 5.74) is 0.692. The Morgan fingerprint density at radius 2 is 2.10 bits per heavy atom. The zero-order chi connectivity index (χ0) is 22.3. The number of aliphatic carboxylic acids is 1. The maximum absolute atomic E-state index is 14.4. The van der Waals surface area contributed by atoms with Gasteiger partial charge in [-0.2, -0.15) is 4.31 Å². The molecule has 0 spiro atoms. The van der Waals surface area contributed by atoms with Crippen molar-refractivity contribution >= 4 is 27.2 Å². The van der Waals surface area contributed by atoms with Gasteiger partial charge in [-0.1, -0.05) is 6.07 Å². The number of halogens is 1. The summed E-state index contributed by atoms with van der Waals surface area (Å²) in [5.74, 6) is -1.99. The van der Waals surface area contributed by atoms with Crippen LogP contribution in [0.25, 0.3) is 11.2 Å². The molecule has 1 aromatic carbocycles. The minimum absolute atomic E-state index is 0.0433. The van der Waals surface area contributed by atoms with Crippen molar-refractivity contribution in [3.05, 3.63) is 58.4 Å². The normalized spacial score (nSPS) is 17.8. The van der Waals surface area contributed by atoms with Gasteiger partial charge in [-0.05, 0) is 49.6 Å². The predicted octanol–water partition coefficient (Wildman–Crippen LogP) is 1.76. The smallest absolute Gasteiger partial charge is 0.331 e. The SMILES string of the molecule is Cc1ccc(S(=O)(=O)N2CCC[C@H](n3c(=O)n(CC(=O)O)c4cccnc43)C2)c(F)c1. The third-order valence-electron chi connectivity index (χ3n) is 5.45. The van der Waals surface area contributed by atoms with E-state index in [0.29, 0.717) is 29.6 Å². The number of aromatic nitrogens is 3. The second-order valence-corrected chi connectivity index (χ2v) is 9.48. The van der Waals surface area contributed by atoms with E-state index in [4.69, 9.17) is 0 Å². The molecule has 3 heterocycles. The Morgan fingerprint density at radius 1 is 1.32 bits per heavy atom. The molecule has 0 amide bonds. The summed E-state index contributed by atoms with van der Waals surface area (Å²) < 4.78 is 44.2. The van der Waals surface area contributed by atoms with Crippen molar-refractivity contribution < 1.29 is 22.7 Å². The molecule has 1 fully saturated rings. The summed E-state index contributed by atoms with van der Waals surface area (Å²) in [6.07, 6.45) is 2.45. The van der Waals surface area contributed by atoms with Crippen LogP contribution in [-0.2, 0) is 21.4 Å². The van der Waals surface area contributed by atoms with Crippen LogP contribution in [0.3, 0.4) is 0 Å². The number of sulfonamides is 1. The lowest BCUT2D eigenvalue weighted by Crippen LogP contribution is -2.43. The van der Waals surface area contributed by atoms with Gasteiger partial charge in [-0.25, -0.2) is 22.6 Å². The predicted molar refractivity (Wildman–Crippen MR) is 110 cm³/mol. The topological polar surface area (TPSA) is 114 Å². The first kappa shape index (κ1) is 21.2. The van der Waals surface area contributed by atoms with Crippen molar-refractivity contribution in [2.45, 2.75) is 37.2 Å². The molecule has 0 radical (unpaired) electrons. The fourth-order valence-corrected chi connectivity index (χ4v) is 5.59. The van der Waals surface area contributed by atoms with Crippen LogP contribution in [0.4, 0.5) is 4.39 Å². The highest BCUT2D eigenvalue weighted by molar-refractivity contribution is 7.89. The summed E-state index contributed by atoms with van der Waals surface area (Å²) >= 11 is 0. The van der Waals surface area contributed by atoms with Gasteiger partial charge in [0, 0.05) is 19.3 Å². The Labute approximate surface area is 177 Å². The van der Waals surface area contributed by atoms with Crippen molar-refractivity contribution in [3.8, 4) is 0 Å². The van der Waals surface area contributed by atoms with Crippen LogP contribution in [0.5, 0.6) is 0 Å². The Bertz CT molecular complexity index is 1330. The zero-order valence-corrected chi connectivity index (χ0v) is 17.5. The molecule has 0 saturated carbocycles. The maximum atomic E-state index is 14.4. The van der Waals surface area contributed by atoms with E-state index in [-0.39, 0.29) is 13.1 Å². The van der Waals surface area contributed by atoms with E-state index in [2.05, 4.69) is 4.98 Å². The number of imidazole rings is 1. The first-order valence-electron chi connectivity index (χ1n) is 9.74. The molecule has 1 saturated heterocycles. The Hall–Kier alpha value is -3.05. The second kappa shape index (κ2) is 7.89. The van der Waals surface area contributed by atoms with Gasteiger partial charge in [0.05, 0.1) is 11.6 Å². The van der Waals surface area contributed by atoms with Gasteiger partial charge >= 0.3 is 11.7 Å². The Morgan fingerprint density at radius 3 is 2.81 bits per heavy atom. The third-order valence-corrected chi connectivity index (χ3v) is 7.34. The van der Waals surface area contributed by atoms with E-state index < -0.39 is 45.0 Å². The fraction of sp³-hybridized carbons (Fsp3) is 0.350. The maximum Gasteiger partial charge on any atom is 0.331 e. The average Bonchev–Trinajstić information content (AvgIpc) is 2.99.